The van der Waals surface area contributed by atoms with Crippen LogP contribution < -0.4 is 0 Å². The number of hydrogen-bond donors (Lipinski definition) is 1. The second kappa shape index (κ2) is 5.11. The van der Waals surface area contributed by atoms with Crippen LogP contribution in [0.2, 0.25) is 0 Å². The third-order valence-electron chi connectivity index (χ3n) is 3.61. The summed E-state index contributed by atoms with van der Waals surface area (Å²) in [5.74, 6) is -0.347. The van der Waals surface area contributed by atoms with Crippen molar-refractivity contribution in [3.8, 4) is 0 Å². The zero-order chi connectivity index (χ0) is 15.0. The van der Waals surface area contributed by atoms with Gasteiger partial charge in [-0.05, 0) is 37.6 Å². The zero-order valence-electron chi connectivity index (χ0n) is 11.9. The Labute approximate surface area is 128 Å². The molecule has 0 spiro atoms. The third-order valence-corrected chi connectivity index (χ3v) is 4.05. The molecule has 0 amide bonds. The number of rotatable bonds is 3. The molecular formula is C17H16O3S. The Balaban J connectivity index is 2.16. The lowest BCUT2D eigenvalue weighted by Gasteiger charge is -2.21. The van der Waals surface area contributed by atoms with Crippen molar-refractivity contribution in [1.82, 2.24) is 0 Å². The fourth-order valence-corrected chi connectivity index (χ4v) is 2.62. The smallest absolute Gasteiger partial charge is 0.326 e. The Morgan fingerprint density at radius 1 is 1.19 bits per heavy atom. The van der Waals surface area contributed by atoms with Crippen LogP contribution in [0.25, 0.3) is 21.9 Å². The maximum Gasteiger partial charge on any atom is 0.326 e. The Hall–Kier alpha value is -1.94. The van der Waals surface area contributed by atoms with Gasteiger partial charge in [0, 0.05) is 10.8 Å². The highest BCUT2D eigenvalue weighted by molar-refractivity contribution is 7.82. The number of thiol groups is 1. The quantitative estimate of drug-likeness (QED) is 0.579. The van der Waals surface area contributed by atoms with Crippen LogP contribution in [0.4, 0.5) is 0 Å². The summed E-state index contributed by atoms with van der Waals surface area (Å²) in [6.45, 7) is 3.87. The predicted molar refractivity (Wildman–Crippen MR) is 86.7 cm³/mol. The van der Waals surface area contributed by atoms with Crippen LogP contribution in [-0.4, -0.2) is 12.6 Å². The largest absolute Gasteiger partial charge is 0.465 e. The molecule has 0 radical (unpaired) electrons. The molecule has 0 aliphatic heterocycles. The topological polar surface area (TPSA) is 39.4 Å². The summed E-state index contributed by atoms with van der Waals surface area (Å²) in [4.78, 5) is 12.1. The average Bonchev–Trinajstić information content (AvgIpc) is 2.85. The molecule has 0 saturated carbocycles. The van der Waals surface area contributed by atoms with Crippen molar-refractivity contribution < 1.29 is 13.9 Å². The molecule has 0 aliphatic rings. The molecule has 0 saturated heterocycles. The van der Waals surface area contributed by atoms with E-state index in [4.69, 9.17) is 9.15 Å². The van der Waals surface area contributed by atoms with Crippen LogP contribution in [0.5, 0.6) is 0 Å². The monoisotopic (exact) mass is 300 g/mol. The van der Waals surface area contributed by atoms with Crippen molar-refractivity contribution in [2.75, 3.05) is 6.61 Å². The van der Waals surface area contributed by atoms with Gasteiger partial charge in [-0.15, -0.1) is 0 Å². The van der Waals surface area contributed by atoms with E-state index in [0.29, 0.717) is 6.61 Å². The molecule has 1 unspecified atom stereocenters. The van der Waals surface area contributed by atoms with Crippen molar-refractivity contribution in [3.05, 3.63) is 48.0 Å². The summed E-state index contributed by atoms with van der Waals surface area (Å²) in [6, 6.07) is 13.5. The van der Waals surface area contributed by atoms with Crippen molar-refractivity contribution in [2.45, 2.75) is 18.6 Å². The van der Waals surface area contributed by atoms with E-state index >= 15 is 0 Å². The molecule has 2 aromatic carbocycles. The first kappa shape index (κ1) is 14.0. The normalized spacial score (nSPS) is 14.2. The van der Waals surface area contributed by atoms with E-state index in [9.17, 15) is 4.79 Å². The molecule has 108 valence electrons. The number of hydrogen-bond acceptors (Lipinski definition) is 4. The molecule has 0 aliphatic carbocycles. The number of esters is 1. The van der Waals surface area contributed by atoms with Crippen LogP contribution >= 0.6 is 12.6 Å². The lowest BCUT2D eigenvalue weighted by molar-refractivity contribution is -0.145. The number of benzene rings is 2. The maximum atomic E-state index is 12.1. The number of para-hydroxylation sites is 1. The van der Waals surface area contributed by atoms with Gasteiger partial charge in [0.05, 0.1) is 6.61 Å². The van der Waals surface area contributed by atoms with Crippen LogP contribution in [0, 0.1) is 0 Å². The van der Waals surface area contributed by atoms with Gasteiger partial charge in [-0.1, -0.05) is 24.3 Å². The Kier molecular flexibility index (Phi) is 3.41. The van der Waals surface area contributed by atoms with Gasteiger partial charge in [-0.2, -0.15) is 12.6 Å². The summed E-state index contributed by atoms with van der Waals surface area (Å²) in [6.07, 6.45) is 0. The molecule has 3 rings (SSSR count). The minimum absolute atomic E-state index is 0.339. The molecule has 21 heavy (non-hydrogen) atoms. The van der Waals surface area contributed by atoms with Crippen molar-refractivity contribution >= 4 is 40.5 Å². The van der Waals surface area contributed by atoms with Gasteiger partial charge in [0.2, 0.25) is 0 Å². The predicted octanol–water partition coefficient (Wildman–Crippen LogP) is 4.29. The van der Waals surface area contributed by atoms with E-state index in [1.807, 2.05) is 42.5 Å². The number of carbonyl (C=O) groups is 1. The molecule has 0 bridgehead atoms. The van der Waals surface area contributed by atoms with E-state index in [0.717, 1.165) is 27.5 Å². The summed E-state index contributed by atoms with van der Waals surface area (Å²) in [7, 11) is 0. The summed E-state index contributed by atoms with van der Waals surface area (Å²) in [5.41, 5.74) is 2.43. The van der Waals surface area contributed by atoms with Gasteiger partial charge >= 0.3 is 5.97 Å². The van der Waals surface area contributed by atoms with Crippen molar-refractivity contribution in [3.63, 3.8) is 0 Å². The number of furan rings is 1. The molecule has 0 N–H and O–H groups in total. The van der Waals surface area contributed by atoms with E-state index in [1.54, 1.807) is 13.8 Å². The zero-order valence-corrected chi connectivity index (χ0v) is 12.8. The van der Waals surface area contributed by atoms with Gasteiger partial charge in [-0.3, -0.25) is 4.79 Å². The Morgan fingerprint density at radius 3 is 2.67 bits per heavy atom. The van der Waals surface area contributed by atoms with Gasteiger partial charge in [0.15, 0.2) is 0 Å². The van der Waals surface area contributed by atoms with Gasteiger partial charge in [0.1, 0.15) is 15.9 Å². The summed E-state index contributed by atoms with van der Waals surface area (Å²) >= 11 is 4.50. The second-order valence-corrected chi connectivity index (χ2v) is 6.00. The van der Waals surface area contributed by atoms with Crippen LogP contribution in [0.3, 0.4) is 0 Å². The molecule has 0 fully saturated rings. The summed E-state index contributed by atoms with van der Waals surface area (Å²) in [5, 5.41) is 2.01. The van der Waals surface area contributed by atoms with E-state index in [-0.39, 0.29) is 5.97 Å². The van der Waals surface area contributed by atoms with Crippen LogP contribution in [0.1, 0.15) is 19.4 Å². The highest BCUT2D eigenvalue weighted by atomic mass is 32.1. The SMILES string of the molecule is CCOC(=O)C(C)(S)c1ccc2oc3ccccc3c2c1. The number of carbonyl (C=O) groups excluding carboxylic acids is 1. The molecular weight excluding hydrogens is 284 g/mol. The number of fused-ring (bicyclic) bond motifs is 3. The second-order valence-electron chi connectivity index (χ2n) is 5.10. The average molecular weight is 300 g/mol. The van der Waals surface area contributed by atoms with Crippen molar-refractivity contribution in [2.24, 2.45) is 0 Å². The molecule has 4 heteroatoms. The van der Waals surface area contributed by atoms with Crippen LogP contribution in [-0.2, 0) is 14.3 Å². The fourth-order valence-electron chi connectivity index (χ4n) is 2.42. The first-order valence-electron chi connectivity index (χ1n) is 6.85. The van der Waals surface area contributed by atoms with Gasteiger partial charge in [0.25, 0.3) is 0 Å². The molecule has 3 nitrogen and oxygen atoms in total. The van der Waals surface area contributed by atoms with Crippen LogP contribution in [0.15, 0.2) is 46.9 Å². The van der Waals surface area contributed by atoms with E-state index < -0.39 is 4.75 Å². The maximum absolute atomic E-state index is 12.1. The summed E-state index contributed by atoms with van der Waals surface area (Å²) < 4.78 is 9.91. The third kappa shape index (κ3) is 2.29. The van der Waals surface area contributed by atoms with E-state index in [2.05, 4.69) is 12.6 Å². The molecule has 3 aromatic rings. The molecule has 1 aromatic heterocycles. The first-order valence-corrected chi connectivity index (χ1v) is 7.30. The fraction of sp³-hybridized carbons (Fsp3) is 0.235. The highest BCUT2D eigenvalue weighted by Crippen LogP contribution is 2.35. The first-order chi connectivity index (χ1) is 10.0. The minimum atomic E-state index is -0.984. The molecule has 1 atom stereocenters. The highest BCUT2D eigenvalue weighted by Gasteiger charge is 2.33. The van der Waals surface area contributed by atoms with E-state index in [1.165, 1.54) is 0 Å². The number of ether oxygens (including phenoxy) is 1. The van der Waals surface area contributed by atoms with Gasteiger partial charge in [-0.25, -0.2) is 0 Å². The lowest BCUT2D eigenvalue weighted by Crippen LogP contribution is -2.28. The van der Waals surface area contributed by atoms with Gasteiger partial charge < -0.3 is 9.15 Å². The molecule has 1 heterocycles. The Bertz CT molecular complexity index is 817. The minimum Gasteiger partial charge on any atom is -0.465 e. The lowest BCUT2D eigenvalue weighted by atomic mass is 9.98. The standard InChI is InChI=1S/C17H16O3S/c1-3-19-16(18)17(2,21)11-8-9-15-13(10-11)12-6-4-5-7-14(12)20-15/h4-10,21H,3H2,1-2H3. The van der Waals surface area contributed by atoms with Crippen molar-refractivity contribution in [1.29, 1.82) is 0 Å². The Morgan fingerprint density at radius 2 is 1.90 bits per heavy atom.